The van der Waals surface area contributed by atoms with Gasteiger partial charge in [0.15, 0.2) is 0 Å². The Kier molecular flexibility index (Phi) is 7.57. The van der Waals surface area contributed by atoms with Crippen LogP contribution in [0.15, 0.2) is 0 Å². The van der Waals surface area contributed by atoms with Crippen LogP contribution in [0.2, 0.25) is 0 Å². The Morgan fingerprint density at radius 3 is 2.33 bits per heavy atom. The van der Waals surface area contributed by atoms with Gasteiger partial charge in [-0.3, -0.25) is 4.79 Å². The standard InChI is InChI=1S/C21H37N5O3S/c1-16-6-12-24(13-7-16)11-5-10-22-21(27)20-17(2)26(18(3)23-20)19-8-14-25(15-9-19)30(4,28)29/h16,19H,5-15H2,1-4H3,(H,22,27). The SMILES string of the molecule is Cc1nc(C(=O)NCCCN2CCC(C)CC2)c(C)n1C1CCN(S(C)(=O)=O)CC1. The van der Waals surface area contributed by atoms with Crippen LogP contribution in [0.4, 0.5) is 0 Å². The quantitative estimate of drug-likeness (QED) is 0.656. The first-order valence-corrected chi connectivity index (χ1v) is 13.0. The van der Waals surface area contributed by atoms with E-state index in [0.717, 1.165) is 56.3 Å². The average molecular weight is 440 g/mol. The second-order valence-electron chi connectivity index (χ2n) is 8.99. The van der Waals surface area contributed by atoms with Gasteiger partial charge in [-0.15, -0.1) is 0 Å². The van der Waals surface area contributed by atoms with E-state index < -0.39 is 10.0 Å². The van der Waals surface area contributed by atoms with E-state index in [1.54, 1.807) is 0 Å². The Bertz CT molecular complexity index is 835. The third-order valence-corrected chi connectivity index (χ3v) is 7.92. The lowest BCUT2D eigenvalue weighted by molar-refractivity contribution is 0.0945. The van der Waals surface area contributed by atoms with Crippen molar-refractivity contribution < 1.29 is 13.2 Å². The van der Waals surface area contributed by atoms with E-state index in [4.69, 9.17) is 0 Å². The molecule has 170 valence electrons. The largest absolute Gasteiger partial charge is 0.351 e. The van der Waals surface area contributed by atoms with Crippen molar-refractivity contribution in [3.8, 4) is 0 Å². The number of rotatable bonds is 7. The molecule has 1 aromatic heterocycles. The molecule has 2 aliphatic heterocycles. The number of aromatic nitrogens is 2. The summed E-state index contributed by atoms with van der Waals surface area (Å²) in [5.74, 6) is 1.54. The summed E-state index contributed by atoms with van der Waals surface area (Å²) in [5, 5.41) is 3.03. The van der Waals surface area contributed by atoms with E-state index in [2.05, 4.69) is 26.7 Å². The predicted molar refractivity (Wildman–Crippen MR) is 118 cm³/mol. The zero-order valence-electron chi connectivity index (χ0n) is 18.9. The number of nitrogens with one attached hydrogen (secondary N) is 1. The molecule has 1 aromatic rings. The molecule has 30 heavy (non-hydrogen) atoms. The maximum absolute atomic E-state index is 12.7. The summed E-state index contributed by atoms with van der Waals surface area (Å²) < 4.78 is 27.1. The fourth-order valence-corrected chi connectivity index (χ4v) is 5.59. The van der Waals surface area contributed by atoms with Gasteiger partial charge in [0.05, 0.1) is 6.26 Å². The molecule has 1 N–H and O–H groups in total. The van der Waals surface area contributed by atoms with E-state index >= 15 is 0 Å². The third kappa shape index (κ3) is 5.62. The number of imidazole rings is 1. The summed E-state index contributed by atoms with van der Waals surface area (Å²) in [4.78, 5) is 19.7. The summed E-state index contributed by atoms with van der Waals surface area (Å²) >= 11 is 0. The number of hydrogen-bond donors (Lipinski definition) is 1. The highest BCUT2D eigenvalue weighted by atomic mass is 32.2. The van der Waals surface area contributed by atoms with Gasteiger partial charge in [0, 0.05) is 31.4 Å². The summed E-state index contributed by atoms with van der Waals surface area (Å²) in [5.41, 5.74) is 1.36. The van der Waals surface area contributed by atoms with Crippen molar-refractivity contribution in [2.45, 2.75) is 58.9 Å². The van der Waals surface area contributed by atoms with Crippen molar-refractivity contribution >= 4 is 15.9 Å². The third-order valence-electron chi connectivity index (χ3n) is 6.61. The van der Waals surface area contributed by atoms with E-state index in [1.807, 2.05) is 13.8 Å². The van der Waals surface area contributed by atoms with Crippen LogP contribution < -0.4 is 5.32 Å². The molecule has 0 aromatic carbocycles. The van der Waals surface area contributed by atoms with Gasteiger partial charge in [-0.05, 0) is 71.5 Å². The van der Waals surface area contributed by atoms with Gasteiger partial charge >= 0.3 is 0 Å². The van der Waals surface area contributed by atoms with E-state index in [-0.39, 0.29) is 11.9 Å². The van der Waals surface area contributed by atoms with Crippen LogP contribution in [0.1, 0.15) is 67.1 Å². The molecule has 0 bridgehead atoms. The molecule has 2 saturated heterocycles. The molecule has 2 aliphatic rings. The Labute approximate surface area is 181 Å². The molecular formula is C21H37N5O3S. The van der Waals surface area contributed by atoms with Crippen molar-refractivity contribution in [3.05, 3.63) is 17.2 Å². The normalized spacial score (nSPS) is 20.5. The first-order chi connectivity index (χ1) is 14.2. The first-order valence-electron chi connectivity index (χ1n) is 11.2. The van der Waals surface area contributed by atoms with Gasteiger partial charge in [-0.2, -0.15) is 0 Å². The van der Waals surface area contributed by atoms with Crippen LogP contribution in [-0.2, 0) is 10.0 Å². The van der Waals surface area contributed by atoms with Gasteiger partial charge in [0.25, 0.3) is 5.91 Å². The summed E-state index contributed by atoms with van der Waals surface area (Å²) in [6.45, 7) is 11.2. The number of piperidine rings is 2. The number of aryl methyl sites for hydroxylation is 1. The van der Waals surface area contributed by atoms with Crippen LogP contribution in [-0.4, -0.2) is 78.6 Å². The van der Waals surface area contributed by atoms with E-state index in [1.165, 1.54) is 23.4 Å². The van der Waals surface area contributed by atoms with Crippen molar-refractivity contribution in [2.75, 3.05) is 45.5 Å². The van der Waals surface area contributed by atoms with Gasteiger partial charge in [-0.1, -0.05) is 6.92 Å². The van der Waals surface area contributed by atoms with Crippen molar-refractivity contribution in [1.29, 1.82) is 0 Å². The lowest BCUT2D eigenvalue weighted by atomic mass is 9.99. The molecule has 0 saturated carbocycles. The van der Waals surface area contributed by atoms with Gasteiger partial charge in [-0.25, -0.2) is 17.7 Å². The molecule has 8 nitrogen and oxygen atoms in total. The zero-order valence-corrected chi connectivity index (χ0v) is 19.7. The maximum Gasteiger partial charge on any atom is 0.271 e. The summed E-state index contributed by atoms with van der Waals surface area (Å²) in [6.07, 6.45) is 6.22. The van der Waals surface area contributed by atoms with E-state index in [0.29, 0.717) is 25.3 Å². The van der Waals surface area contributed by atoms with Crippen LogP contribution in [0.25, 0.3) is 0 Å². The minimum atomic E-state index is -3.14. The molecule has 3 rings (SSSR count). The van der Waals surface area contributed by atoms with Crippen LogP contribution in [0, 0.1) is 19.8 Å². The minimum absolute atomic E-state index is 0.116. The Hall–Kier alpha value is -1.45. The van der Waals surface area contributed by atoms with Gasteiger partial charge in [0.1, 0.15) is 11.5 Å². The van der Waals surface area contributed by atoms with Gasteiger partial charge in [0.2, 0.25) is 10.0 Å². The molecule has 9 heteroatoms. The molecule has 1 amide bonds. The van der Waals surface area contributed by atoms with Crippen LogP contribution in [0.3, 0.4) is 0 Å². The summed E-state index contributed by atoms with van der Waals surface area (Å²) in [7, 11) is -3.14. The number of nitrogens with zero attached hydrogens (tertiary/aromatic N) is 4. The second kappa shape index (κ2) is 9.78. The Morgan fingerprint density at radius 2 is 1.73 bits per heavy atom. The van der Waals surface area contributed by atoms with Gasteiger partial charge < -0.3 is 14.8 Å². The Balaban J connectivity index is 1.51. The predicted octanol–water partition coefficient (Wildman–Crippen LogP) is 1.95. The molecule has 0 spiro atoms. The minimum Gasteiger partial charge on any atom is -0.351 e. The Morgan fingerprint density at radius 1 is 1.10 bits per heavy atom. The second-order valence-corrected chi connectivity index (χ2v) is 11.0. The van der Waals surface area contributed by atoms with Crippen molar-refractivity contribution in [2.24, 2.45) is 5.92 Å². The number of hydrogen-bond acceptors (Lipinski definition) is 5. The van der Waals surface area contributed by atoms with Crippen molar-refractivity contribution in [1.82, 2.24) is 24.1 Å². The molecule has 0 unspecified atom stereocenters. The van der Waals surface area contributed by atoms with Crippen molar-refractivity contribution in [3.63, 3.8) is 0 Å². The zero-order chi connectivity index (χ0) is 21.9. The molecule has 0 atom stereocenters. The molecule has 0 aliphatic carbocycles. The topological polar surface area (TPSA) is 87.5 Å². The number of amides is 1. The number of carbonyl (C=O) groups excluding carboxylic acids is 1. The summed E-state index contributed by atoms with van der Waals surface area (Å²) in [6, 6.07) is 0.179. The average Bonchev–Trinajstić information content (AvgIpc) is 3.00. The smallest absolute Gasteiger partial charge is 0.271 e. The fourth-order valence-electron chi connectivity index (χ4n) is 4.71. The molecular weight excluding hydrogens is 402 g/mol. The molecule has 3 heterocycles. The number of likely N-dealkylation sites (tertiary alicyclic amines) is 1. The van der Waals surface area contributed by atoms with Crippen LogP contribution >= 0.6 is 0 Å². The lowest BCUT2D eigenvalue weighted by Gasteiger charge is -2.32. The first kappa shape index (κ1) is 23.2. The fraction of sp³-hybridized carbons (Fsp3) is 0.810. The molecule has 2 fully saturated rings. The lowest BCUT2D eigenvalue weighted by Crippen LogP contribution is -2.38. The molecule has 0 radical (unpaired) electrons. The number of sulfonamides is 1. The maximum atomic E-state index is 12.7. The highest BCUT2D eigenvalue weighted by Gasteiger charge is 2.29. The van der Waals surface area contributed by atoms with E-state index in [9.17, 15) is 13.2 Å². The monoisotopic (exact) mass is 439 g/mol. The van der Waals surface area contributed by atoms with Crippen LogP contribution in [0.5, 0.6) is 0 Å². The number of carbonyl (C=O) groups is 1. The highest BCUT2D eigenvalue weighted by molar-refractivity contribution is 7.88. The highest BCUT2D eigenvalue weighted by Crippen LogP contribution is 2.28.